The van der Waals surface area contributed by atoms with E-state index in [0.29, 0.717) is 29.9 Å². The van der Waals surface area contributed by atoms with Crippen LogP contribution in [0.25, 0.3) is 0 Å². The van der Waals surface area contributed by atoms with Gasteiger partial charge in [0.05, 0.1) is 0 Å². The van der Waals surface area contributed by atoms with Crippen molar-refractivity contribution in [2.45, 2.75) is 25.7 Å². The van der Waals surface area contributed by atoms with Gasteiger partial charge in [0, 0.05) is 18.5 Å². The number of para-hydroxylation sites is 1. The van der Waals surface area contributed by atoms with Gasteiger partial charge >= 0.3 is 0 Å². The molecule has 0 amide bonds. The maximum Gasteiger partial charge on any atom is 0.149 e. The van der Waals surface area contributed by atoms with E-state index in [4.69, 9.17) is 0 Å². The summed E-state index contributed by atoms with van der Waals surface area (Å²) >= 11 is 0. The van der Waals surface area contributed by atoms with Crippen LogP contribution in [0.4, 0.5) is 26.1 Å². The largest absolute Gasteiger partial charge is 0.370 e. The molecule has 1 heterocycles. The van der Waals surface area contributed by atoms with E-state index in [1.165, 1.54) is 18.2 Å². The highest BCUT2D eigenvalue weighted by molar-refractivity contribution is 5.60. The zero-order chi connectivity index (χ0) is 14.8. The molecule has 4 nitrogen and oxygen atoms in total. The first kappa shape index (κ1) is 13.7. The molecule has 2 N–H and O–H groups in total. The van der Waals surface area contributed by atoms with Crippen molar-refractivity contribution < 1.29 is 8.78 Å². The van der Waals surface area contributed by atoms with Crippen molar-refractivity contribution in [3.63, 3.8) is 0 Å². The highest BCUT2D eigenvalue weighted by atomic mass is 19.1. The number of anilines is 3. The smallest absolute Gasteiger partial charge is 0.149 e. The third kappa shape index (κ3) is 3.09. The Labute approximate surface area is 121 Å². The van der Waals surface area contributed by atoms with E-state index >= 15 is 0 Å². The molecular formula is C15H16F2N4. The number of nitrogens with one attached hydrogen (secondary N) is 2. The summed E-state index contributed by atoms with van der Waals surface area (Å²) in [5, 5.41) is 5.83. The molecule has 110 valence electrons. The van der Waals surface area contributed by atoms with Crippen LogP contribution < -0.4 is 10.6 Å². The molecule has 1 aliphatic carbocycles. The molecule has 21 heavy (non-hydrogen) atoms. The predicted molar refractivity (Wildman–Crippen MR) is 77.8 cm³/mol. The molecule has 1 aromatic heterocycles. The Bertz CT molecular complexity index is 636. The monoisotopic (exact) mass is 290 g/mol. The molecule has 0 unspecified atom stereocenters. The summed E-state index contributed by atoms with van der Waals surface area (Å²) in [6.07, 6.45) is 2.12. The lowest BCUT2D eigenvalue weighted by atomic mass is 10.3. The van der Waals surface area contributed by atoms with Crippen LogP contribution in [0.15, 0.2) is 24.3 Å². The summed E-state index contributed by atoms with van der Waals surface area (Å²) in [5.41, 5.74) is -0.194. The molecular weight excluding hydrogens is 274 g/mol. The third-order valence-corrected chi connectivity index (χ3v) is 3.26. The molecule has 6 heteroatoms. The van der Waals surface area contributed by atoms with Crippen molar-refractivity contribution in [2.24, 2.45) is 0 Å². The fourth-order valence-electron chi connectivity index (χ4n) is 2.07. The van der Waals surface area contributed by atoms with Gasteiger partial charge in [-0.05, 0) is 31.9 Å². The Morgan fingerprint density at radius 1 is 1.14 bits per heavy atom. The highest BCUT2D eigenvalue weighted by Gasteiger charge is 2.27. The zero-order valence-corrected chi connectivity index (χ0v) is 11.7. The summed E-state index contributed by atoms with van der Waals surface area (Å²) in [6.45, 7) is 2.68. The van der Waals surface area contributed by atoms with Gasteiger partial charge < -0.3 is 10.6 Å². The van der Waals surface area contributed by atoms with Crippen LogP contribution in [0, 0.1) is 11.6 Å². The lowest BCUT2D eigenvalue weighted by molar-refractivity contribution is 0.590. The lowest BCUT2D eigenvalue weighted by Crippen LogP contribution is -2.06. The number of nitrogens with zero attached hydrogens (tertiary/aromatic N) is 2. The van der Waals surface area contributed by atoms with Crippen LogP contribution in [0.5, 0.6) is 0 Å². The van der Waals surface area contributed by atoms with Crippen LogP contribution in [-0.2, 0) is 0 Å². The first-order chi connectivity index (χ1) is 10.2. The molecule has 2 aromatic rings. The lowest BCUT2D eigenvalue weighted by Gasteiger charge is -2.11. The highest BCUT2D eigenvalue weighted by Crippen LogP contribution is 2.39. The van der Waals surface area contributed by atoms with Gasteiger partial charge in [-0.25, -0.2) is 18.7 Å². The summed E-state index contributed by atoms with van der Waals surface area (Å²) in [4.78, 5) is 8.78. The topological polar surface area (TPSA) is 49.8 Å². The molecule has 0 aliphatic heterocycles. The Kier molecular flexibility index (Phi) is 3.68. The van der Waals surface area contributed by atoms with Crippen molar-refractivity contribution in [3.8, 4) is 0 Å². The van der Waals surface area contributed by atoms with Gasteiger partial charge in [-0.3, -0.25) is 0 Å². The summed E-state index contributed by atoms with van der Waals surface area (Å²) in [5.74, 6) is 0.834. The maximum atomic E-state index is 13.7. The molecule has 1 fully saturated rings. The average Bonchev–Trinajstić information content (AvgIpc) is 3.28. The zero-order valence-electron chi connectivity index (χ0n) is 11.7. The van der Waals surface area contributed by atoms with Crippen LogP contribution in [0.3, 0.4) is 0 Å². The Morgan fingerprint density at radius 2 is 1.81 bits per heavy atom. The minimum atomic E-state index is -0.647. The van der Waals surface area contributed by atoms with Crippen LogP contribution in [0.2, 0.25) is 0 Å². The van der Waals surface area contributed by atoms with E-state index in [9.17, 15) is 8.78 Å². The van der Waals surface area contributed by atoms with Crippen LogP contribution in [-0.4, -0.2) is 16.5 Å². The number of aromatic nitrogens is 2. The van der Waals surface area contributed by atoms with E-state index in [2.05, 4.69) is 20.6 Å². The summed E-state index contributed by atoms with van der Waals surface area (Å²) < 4.78 is 27.4. The molecule has 0 bridgehead atoms. The quantitative estimate of drug-likeness (QED) is 0.879. The van der Waals surface area contributed by atoms with Gasteiger partial charge in [0.25, 0.3) is 0 Å². The normalized spacial score (nSPS) is 14.0. The number of benzene rings is 1. The van der Waals surface area contributed by atoms with Gasteiger partial charge in [0.1, 0.15) is 34.8 Å². The maximum absolute atomic E-state index is 13.7. The molecule has 0 saturated heterocycles. The predicted octanol–water partition coefficient (Wildman–Crippen LogP) is 3.81. The fourth-order valence-corrected chi connectivity index (χ4v) is 2.07. The van der Waals surface area contributed by atoms with E-state index in [0.717, 1.165) is 12.8 Å². The number of hydrogen-bond donors (Lipinski definition) is 2. The van der Waals surface area contributed by atoms with E-state index in [-0.39, 0.29) is 5.69 Å². The van der Waals surface area contributed by atoms with Crippen molar-refractivity contribution in [1.29, 1.82) is 0 Å². The first-order valence-corrected chi connectivity index (χ1v) is 7.01. The first-order valence-electron chi connectivity index (χ1n) is 7.01. The molecule has 1 saturated carbocycles. The molecule has 3 rings (SSSR count). The van der Waals surface area contributed by atoms with Crippen molar-refractivity contribution in [1.82, 2.24) is 9.97 Å². The van der Waals surface area contributed by atoms with Gasteiger partial charge in [-0.15, -0.1) is 0 Å². The van der Waals surface area contributed by atoms with Crippen molar-refractivity contribution in [2.75, 3.05) is 17.2 Å². The van der Waals surface area contributed by atoms with Gasteiger partial charge in [0.15, 0.2) is 0 Å². The number of hydrogen-bond acceptors (Lipinski definition) is 4. The standard InChI is InChI=1S/C15H16F2N4/c1-2-18-12-8-13(21-15(20-12)9-6-7-9)19-14-10(16)4-3-5-11(14)17/h3-5,8-9H,2,6-7H2,1H3,(H2,18,19,20,21). The number of halogens is 2. The van der Waals surface area contributed by atoms with Gasteiger partial charge in [-0.2, -0.15) is 0 Å². The third-order valence-electron chi connectivity index (χ3n) is 3.26. The van der Waals surface area contributed by atoms with Crippen molar-refractivity contribution in [3.05, 3.63) is 41.7 Å². The second-order valence-corrected chi connectivity index (χ2v) is 5.02. The van der Waals surface area contributed by atoms with E-state index in [1.807, 2.05) is 6.92 Å². The number of rotatable bonds is 5. The molecule has 0 radical (unpaired) electrons. The SMILES string of the molecule is CCNc1cc(Nc2c(F)cccc2F)nc(C2CC2)n1. The molecule has 0 spiro atoms. The second-order valence-electron chi connectivity index (χ2n) is 5.02. The summed E-state index contributed by atoms with van der Waals surface area (Å²) in [6, 6.07) is 5.40. The van der Waals surface area contributed by atoms with Crippen LogP contribution >= 0.6 is 0 Å². The molecule has 0 atom stereocenters. The Morgan fingerprint density at radius 3 is 2.43 bits per heavy atom. The molecule has 1 aromatic carbocycles. The summed E-state index contributed by atoms with van der Waals surface area (Å²) in [7, 11) is 0. The Hall–Kier alpha value is -2.24. The second kappa shape index (κ2) is 5.63. The van der Waals surface area contributed by atoms with Gasteiger partial charge in [-0.1, -0.05) is 6.07 Å². The van der Waals surface area contributed by atoms with E-state index < -0.39 is 11.6 Å². The van der Waals surface area contributed by atoms with Crippen LogP contribution in [0.1, 0.15) is 31.5 Å². The van der Waals surface area contributed by atoms with E-state index in [1.54, 1.807) is 6.07 Å². The minimum Gasteiger partial charge on any atom is -0.370 e. The average molecular weight is 290 g/mol. The minimum absolute atomic E-state index is 0.194. The fraction of sp³-hybridized carbons (Fsp3) is 0.333. The molecule has 1 aliphatic rings. The van der Waals surface area contributed by atoms with Gasteiger partial charge in [0.2, 0.25) is 0 Å². The van der Waals surface area contributed by atoms with Crippen molar-refractivity contribution >= 4 is 17.3 Å². The Balaban J connectivity index is 1.93.